The Bertz CT molecular complexity index is 1480. The predicted molar refractivity (Wildman–Crippen MR) is 137 cm³/mol. The van der Waals surface area contributed by atoms with Crippen molar-refractivity contribution in [3.05, 3.63) is 107 Å². The van der Waals surface area contributed by atoms with E-state index < -0.39 is 29.6 Å². The van der Waals surface area contributed by atoms with E-state index >= 15 is 0 Å². The highest BCUT2D eigenvalue weighted by molar-refractivity contribution is 6.31. The minimum absolute atomic E-state index is 0.0444. The quantitative estimate of drug-likeness (QED) is 0.260. The molecule has 1 atom stereocenters. The first kappa shape index (κ1) is 26.2. The van der Waals surface area contributed by atoms with E-state index in [-0.39, 0.29) is 16.3 Å². The molecular weight excluding hydrogens is 515 g/mol. The number of ether oxygens (including phenoxy) is 1. The number of tetrazole rings is 1. The molecule has 1 aromatic heterocycles. The van der Waals surface area contributed by atoms with Gasteiger partial charge in [-0.25, -0.2) is 9.18 Å². The van der Waals surface area contributed by atoms with E-state index in [1.54, 1.807) is 30.3 Å². The average Bonchev–Trinajstić information content (AvgIpc) is 3.47. The normalized spacial score (nSPS) is 11.7. The van der Waals surface area contributed by atoms with E-state index in [2.05, 4.69) is 30.8 Å². The summed E-state index contributed by atoms with van der Waals surface area (Å²) in [6.07, 6.45) is 3.46. The zero-order valence-corrected chi connectivity index (χ0v) is 20.6. The maximum Gasteiger partial charge on any atom is 0.337 e. The molecule has 38 heavy (non-hydrogen) atoms. The monoisotopic (exact) mass is 534 g/mol. The summed E-state index contributed by atoms with van der Waals surface area (Å²) in [5.41, 5.74) is 1.40. The van der Waals surface area contributed by atoms with E-state index in [4.69, 9.17) is 11.6 Å². The Morgan fingerprint density at radius 1 is 1.05 bits per heavy atom. The molecular formula is C26H20ClFN6O4. The lowest BCUT2D eigenvalue weighted by Crippen LogP contribution is -2.36. The van der Waals surface area contributed by atoms with Crippen molar-refractivity contribution in [2.75, 3.05) is 12.4 Å². The van der Waals surface area contributed by atoms with Crippen LogP contribution in [0.4, 0.5) is 10.1 Å². The SMILES string of the molecule is COC(=O)c1ccc(NC(=O)C(NC(=O)C=Cc2c(-n3ncnn3)ccc(Cl)c2F)c2ccccc2)cc1. The number of carbonyl (C=O) groups excluding carboxylic acids is 3. The number of amides is 2. The standard InChI is InChI=1S/C26H20ClFN6O4/c1-38-26(37)17-7-9-18(10-8-17)31-25(36)24(16-5-3-2-4-6-16)32-22(35)14-11-19-21(34-30-15-29-33-34)13-12-20(27)23(19)28/h2-15,24H,1H3,(H,31,36)(H,32,35). The fourth-order valence-electron chi connectivity index (χ4n) is 3.48. The Morgan fingerprint density at radius 2 is 1.79 bits per heavy atom. The highest BCUT2D eigenvalue weighted by atomic mass is 35.5. The number of methoxy groups -OCH3 is 1. The largest absolute Gasteiger partial charge is 0.465 e. The van der Waals surface area contributed by atoms with E-state index in [1.807, 2.05) is 0 Å². The first-order valence-electron chi connectivity index (χ1n) is 11.1. The van der Waals surface area contributed by atoms with Gasteiger partial charge in [0.25, 0.3) is 5.91 Å². The Balaban J connectivity index is 1.55. The third-order valence-corrected chi connectivity index (χ3v) is 5.62. The van der Waals surface area contributed by atoms with Crippen molar-refractivity contribution in [3.8, 4) is 5.69 Å². The van der Waals surface area contributed by atoms with Crippen LogP contribution in [0.1, 0.15) is 27.5 Å². The number of benzene rings is 3. The molecule has 3 aromatic carbocycles. The number of rotatable bonds is 8. The van der Waals surface area contributed by atoms with Crippen LogP contribution < -0.4 is 10.6 Å². The molecule has 2 amide bonds. The first-order valence-corrected chi connectivity index (χ1v) is 11.5. The number of nitrogens with zero attached hydrogens (tertiary/aromatic N) is 4. The summed E-state index contributed by atoms with van der Waals surface area (Å²) < 4.78 is 19.5. The van der Waals surface area contributed by atoms with Crippen LogP contribution in [-0.2, 0) is 14.3 Å². The van der Waals surface area contributed by atoms with Crippen LogP contribution in [0.3, 0.4) is 0 Å². The van der Waals surface area contributed by atoms with Gasteiger partial charge < -0.3 is 15.4 Å². The van der Waals surface area contributed by atoms with E-state index in [1.165, 1.54) is 55.9 Å². The van der Waals surface area contributed by atoms with Gasteiger partial charge in [0, 0.05) is 17.3 Å². The fraction of sp³-hybridized carbons (Fsp3) is 0.0769. The van der Waals surface area contributed by atoms with Crippen molar-refractivity contribution in [3.63, 3.8) is 0 Å². The molecule has 12 heteroatoms. The van der Waals surface area contributed by atoms with Crippen LogP contribution >= 0.6 is 11.6 Å². The summed E-state index contributed by atoms with van der Waals surface area (Å²) >= 11 is 5.93. The number of hydrogen-bond acceptors (Lipinski definition) is 7. The van der Waals surface area contributed by atoms with Crippen LogP contribution in [-0.4, -0.2) is 45.1 Å². The van der Waals surface area contributed by atoms with Crippen molar-refractivity contribution >= 4 is 41.1 Å². The molecule has 0 saturated carbocycles. The Kier molecular flexibility index (Phi) is 8.19. The van der Waals surface area contributed by atoms with Crippen LogP contribution in [0.15, 0.2) is 79.1 Å². The summed E-state index contributed by atoms with van der Waals surface area (Å²) in [7, 11) is 1.27. The molecule has 192 valence electrons. The molecule has 1 heterocycles. The van der Waals surface area contributed by atoms with Gasteiger partial charge in [-0.15, -0.1) is 15.0 Å². The van der Waals surface area contributed by atoms with Gasteiger partial charge in [-0.2, -0.15) is 0 Å². The predicted octanol–water partition coefficient (Wildman–Crippen LogP) is 3.75. The lowest BCUT2D eigenvalue weighted by Gasteiger charge is -2.18. The number of nitrogens with one attached hydrogen (secondary N) is 2. The van der Waals surface area contributed by atoms with E-state index in [0.29, 0.717) is 16.8 Å². The summed E-state index contributed by atoms with van der Waals surface area (Å²) in [5.74, 6) is -2.50. The van der Waals surface area contributed by atoms with Gasteiger partial charge in [-0.1, -0.05) is 41.9 Å². The second-order valence-electron chi connectivity index (χ2n) is 7.76. The Labute approximate surface area is 221 Å². The molecule has 0 fully saturated rings. The molecule has 0 bridgehead atoms. The van der Waals surface area contributed by atoms with Gasteiger partial charge in [-0.3, -0.25) is 9.59 Å². The molecule has 0 aliphatic rings. The molecule has 0 aliphatic heterocycles. The van der Waals surface area contributed by atoms with Crippen molar-refractivity contribution in [1.82, 2.24) is 25.5 Å². The lowest BCUT2D eigenvalue weighted by molar-refractivity contribution is -0.123. The summed E-state index contributed by atoms with van der Waals surface area (Å²) in [6.45, 7) is 0. The molecule has 4 rings (SSSR count). The zero-order chi connectivity index (χ0) is 27.1. The number of anilines is 1. The number of carbonyl (C=O) groups is 3. The minimum atomic E-state index is -1.09. The Hall–Kier alpha value is -4.90. The van der Waals surface area contributed by atoms with Crippen LogP contribution in [0.25, 0.3) is 11.8 Å². The van der Waals surface area contributed by atoms with E-state index in [9.17, 15) is 18.8 Å². The highest BCUT2D eigenvalue weighted by Crippen LogP contribution is 2.25. The second kappa shape index (κ2) is 11.9. The molecule has 10 nitrogen and oxygen atoms in total. The third-order valence-electron chi connectivity index (χ3n) is 5.33. The number of esters is 1. The maximum absolute atomic E-state index is 14.8. The molecule has 0 saturated heterocycles. The van der Waals surface area contributed by atoms with Crippen LogP contribution in [0, 0.1) is 5.82 Å². The van der Waals surface area contributed by atoms with Crippen molar-refractivity contribution in [2.24, 2.45) is 0 Å². The highest BCUT2D eigenvalue weighted by Gasteiger charge is 2.22. The minimum Gasteiger partial charge on any atom is -0.465 e. The smallest absolute Gasteiger partial charge is 0.337 e. The van der Waals surface area contributed by atoms with Crippen molar-refractivity contribution in [1.29, 1.82) is 0 Å². The third kappa shape index (κ3) is 6.08. The van der Waals surface area contributed by atoms with E-state index in [0.717, 1.165) is 10.9 Å². The van der Waals surface area contributed by atoms with Gasteiger partial charge in [0.2, 0.25) is 5.91 Å². The maximum atomic E-state index is 14.8. The number of hydrogen-bond donors (Lipinski definition) is 2. The van der Waals surface area contributed by atoms with Crippen LogP contribution in [0.5, 0.6) is 0 Å². The number of aromatic nitrogens is 4. The molecule has 0 radical (unpaired) electrons. The lowest BCUT2D eigenvalue weighted by atomic mass is 10.1. The topological polar surface area (TPSA) is 128 Å². The fourth-order valence-corrected chi connectivity index (χ4v) is 3.65. The van der Waals surface area contributed by atoms with Gasteiger partial charge in [-0.05, 0) is 53.3 Å². The zero-order valence-electron chi connectivity index (χ0n) is 19.8. The summed E-state index contributed by atoms with van der Waals surface area (Å²) in [6, 6.07) is 16.4. The molecule has 0 spiro atoms. The number of halogens is 2. The van der Waals surface area contributed by atoms with Gasteiger partial charge >= 0.3 is 5.97 Å². The first-order chi connectivity index (χ1) is 18.4. The van der Waals surface area contributed by atoms with Crippen LogP contribution in [0.2, 0.25) is 5.02 Å². The molecule has 1 unspecified atom stereocenters. The van der Waals surface area contributed by atoms with Crippen molar-refractivity contribution < 1.29 is 23.5 Å². The molecule has 2 N–H and O–H groups in total. The van der Waals surface area contributed by atoms with Crippen molar-refractivity contribution in [2.45, 2.75) is 6.04 Å². The molecule has 4 aromatic rings. The second-order valence-corrected chi connectivity index (χ2v) is 8.17. The van der Waals surface area contributed by atoms with Gasteiger partial charge in [0.15, 0.2) is 12.1 Å². The van der Waals surface area contributed by atoms with Gasteiger partial charge in [0.05, 0.1) is 23.4 Å². The Morgan fingerprint density at radius 3 is 2.45 bits per heavy atom. The molecule has 0 aliphatic carbocycles. The summed E-state index contributed by atoms with van der Waals surface area (Å²) in [5, 5.41) is 16.4. The average molecular weight is 535 g/mol. The summed E-state index contributed by atoms with van der Waals surface area (Å²) in [4.78, 5) is 38.8. The van der Waals surface area contributed by atoms with Gasteiger partial charge in [0.1, 0.15) is 6.04 Å².